The molecular formula is C20H23BrN4O4. The molecule has 2 aromatic carbocycles. The first kappa shape index (κ1) is 22.2. The van der Waals surface area contributed by atoms with Crippen LogP contribution in [0.15, 0.2) is 52.1 Å². The molecule has 0 fully saturated rings. The molecule has 0 spiro atoms. The summed E-state index contributed by atoms with van der Waals surface area (Å²) in [7, 11) is 0. The molecule has 0 aliphatic carbocycles. The number of phenolic OH excluding ortho intramolecular Hbond substituents is 1. The minimum atomic E-state index is -0.488. The van der Waals surface area contributed by atoms with Crippen molar-refractivity contribution in [2.24, 2.45) is 5.16 Å². The maximum absolute atomic E-state index is 12.2. The quantitative estimate of drug-likeness (QED) is 0.128. The SMILES string of the molecule is Nc1ccccc1NC(=O)CCCCNC(=O)/C(Cc1ccc(O)c(Br)c1)=N/O. The molecule has 0 unspecified atom stereocenters. The monoisotopic (exact) mass is 462 g/mol. The molecule has 0 radical (unpaired) electrons. The summed E-state index contributed by atoms with van der Waals surface area (Å²) in [6, 6.07) is 11.8. The molecule has 2 aromatic rings. The fraction of sp³-hybridized carbons (Fsp3) is 0.250. The minimum absolute atomic E-state index is 0.0418. The summed E-state index contributed by atoms with van der Waals surface area (Å²) < 4.78 is 0.489. The van der Waals surface area contributed by atoms with Crippen molar-refractivity contribution in [3.05, 3.63) is 52.5 Å². The first-order chi connectivity index (χ1) is 13.9. The lowest BCUT2D eigenvalue weighted by molar-refractivity contribution is -0.116. The third-order valence-electron chi connectivity index (χ3n) is 4.12. The number of rotatable bonds is 9. The number of anilines is 2. The first-order valence-corrected chi connectivity index (χ1v) is 9.81. The molecule has 0 aliphatic heterocycles. The Morgan fingerprint density at radius 3 is 2.59 bits per heavy atom. The van der Waals surface area contributed by atoms with E-state index in [-0.39, 0.29) is 23.8 Å². The molecule has 9 heteroatoms. The summed E-state index contributed by atoms with van der Waals surface area (Å²) in [5, 5.41) is 27.1. The lowest BCUT2D eigenvalue weighted by atomic mass is 10.1. The number of benzene rings is 2. The third-order valence-corrected chi connectivity index (χ3v) is 4.75. The molecule has 0 bridgehead atoms. The topological polar surface area (TPSA) is 137 Å². The lowest BCUT2D eigenvalue weighted by Crippen LogP contribution is -2.33. The number of nitrogens with two attached hydrogens (primary N) is 1. The van der Waals surface area contributed by atoms with Crippen molar-refractivity contribution in [2.75, 3.05) is 17.6 Å². The summed E-state index contributed by atoms with van der Waals surface area (Å²) in [6.07, 6.45) is 1.58. The van der Waals surface area contributed by atoms with Crippen LogP contribution in [0, 0.1) is 0 Å². The van der Waals surface area contributed by atoms with Crippen LogP contribution < -0.4 is 16.4 Å². The van der Waals surface area contributed by atoms with Crippen LogP contribution in [0.3, 0.4) is 0 Å². The molecule has 0 saturated heterocycles. The zero-order valence-corrected chi connectivity index (χ0v) is 17.3. The van der Waals surface area contributed by atoms with Gasteiger partial charge in [0, 0.05) is 19.4 Å². The van der Waals surface area contributed by atoms with Gasteiger partial charge in [-0.25, -0.2) is 0 Å². The molecule has 154 valence electrons. The van der Waals surface area contributed by atoms with E-state index < -0.39 is 5.91 Å². The van der Waals surface area contributed by atoms with E-state index in [0.717, 1.165) is 0 Å². The van der Waals surface area contributed by atoms with Gasteiger partial charge in [-0.3, -0.25) is 9.59 Å². The van der Waals surface area contributed by atoms with Crippen LogP contribution in [-0.2, 0) is 16.0 Å². The predicted molar refractivity (Wildman–Crippen MR) is 115 cm³/mol. The summed E-state index contributed by atoms with van der Waals surface area (Å²) >= 11 is 3.20. The molecule has 2 rings (SSSR count). The number of amides is 2. The number of oxime groups is 1. The molecule has 0 atom stereocenters. The van der Waals surface area contributed by atoms with Crippen molar-refractivity contribution in [2.45, 2.75) is 25.7 Å². The van der Waals surface area contributed by atoms with Gasteiger partial charge in [0.25, 0.3) is 5.91 Å². The summed E-state index contributed by atoms with van der Waals surface area (Å²) in [5.41, 5.74) is 7.53. The summed E-state index contributed by atoms with van der Waals surface area (Å²) in [4.78, 5) is 24.1. The number of carbonyl (C=O) groups is 2. The van der Waals surface area contributed by atoms with E-state index in [9.17, 15) is 14.7 Å². The number of hydrogen-bond donors (Lipinski definition) is 5. The van der Waals surface area contributed by atoms with Crippen molar-refractivity contribution in [3.63, 3.8) is 0 Å². The Labute approximate surface area is 176 Å². The average Bonchev–Trinajstić information content (AvgIpc) is 2.70. The molecule has 0 aliphatic rings. The predicted octanol–water partition coefficient (Wildman–Crippen LogP) is 3.03. The van der Waals surface area contributed by atoms with Crippen LogP contribution in [0.25, 0.3) is 0 Å². The number of phenols is 1. The van der Waals surface area contributed by atoms with Crippen molar-refractivity contribution in [1.29, 1.82) is 0 Å². The van der Waals surface area contributed by atoms with Gasteiger partial charge in [-0.15, -0.1) is 0 Å². The van der Waals surface area contributed by atoms with Crippen LogP contribution >= 0.6 is 15.9 Å². The highest BCUT2D eigenvalue weighted by Gasteiger charge is 2.13. The Morgan fingerprint density at radius 1 is 1.14 bits per heavy atom. The number of carbonyl (C=O) groups excluding carboxylic acids is 2. The fourth-order valence-electron chi connectivity index (χ4n) is 2.55. The van der Waals surface area contributed by atoms with Gasteiger partial charge in [0.2, 0.25) is 5.91 Å². The van der Waals surface area contributed by atoms with Crippen LogP contribution in [0.5, 0.6) is 5.75 Å². The molecule has 6 N–H and O–H groups in total. The Bertz CT molecular complexity index is 902. The molecule has 0 aromatic heterocycles. The van der Waals surface area contributed by atoms with Crippen molar-refractivity contribution >= 4 is 44.8 Å². The Morgan fingerprint density at radius 2 is 1.90 bits per heavy atom. The molecular weight excluding hydrogens is 440 g/mol. The Kier molecular flexibility index (Phi) is 8.47. The van der Waals surface area contributed by atoms with E-state index in [0.29, 0.717) is 47.2 Å². The number of halogens is 1. The van der Waals surface area contributed by atoms with E-state index in [1.165, 1.54) is 6.07 Å². The second-order valence-corrected chi connectivity index (χ2v) is 7.21. The Balaban J connectivity index is 1.70. The van der Waals surface area contributed by atoms with E-state index >= 15 is 0 Å². The zero-order valence-electron chi connectivity index (χ0n) is 15.7. The Hall–Kier alpha value is -3.07. The number of nitrogen functional groups attached to an aromatic ring is 1. The largest absolute Gasteiger partial charge is 0.507 e. The summed E-state index contributed by atoms with van der Waals surface area (Å²) in [6.45, 7) is 0.345. The minimum Gasteiger partial charge on any atom is -0.507 e. The number of para-hydroxylation sites is 2. The molecule has 8 nitrogen and oxygen atoms in total. The van der Waals surface area contributed by atoms with Crippen LogP contribution in [0.4, 0.5) is 11.4 Å². The van der Waals surface area contributed by atoms with Gasteiger partial charge in [-0.05, 0) is 58.6 Å². The number of nitrogens with zero attached hydrogens (tertiary/aromatic N) is 1. The second kappa shape index (κ2) is 11.1. The number of unbranched alkanes of at least 4 members (excludes halogenated alkanes) is 1. The highest BCUT2D eigenvalue weighted by atomic mass is 79.9. The zero-order chi connectivity index (χ0) is 21.2. The average molecular weight is 463 g/mol. The molecule has 2 amide bonds. The number of hydrogen-bond acceptors (Lipinski definition) is 6. The number of aromatic hydroxyl groups is 1. The van der Waals surface area contributed by atoms with Gasteiger partial charge >= 0.3 is 0 Å². The normalized spacial score (nSPS) is 11.1. The highest BCUT2D eigenvalue weighted by molar-refractivity contribution is 9.10. The van der Waals surface area contributed by atoms with Crippen LogP contribution in [-0.4, -0.2) is 34.4 Å². The first-order valence-electron chi connectivity index (χ1n) is 9.01. The fourth-order valence-corrected chi connectivity index (χ4v) is 2.98. The second-order valence-electron chi connectivity index (χ2n) is 6.36. The maximum Gasteiger partial charge on any atom is 0.269 e. The molecule has 0 saturated carbocycles. The van der Waals surface area contributed by atoms with Crippen molar-refractivity contribution < 1.29 is 19.9 Å². The van der Waals surface area contributed by atoms with Gasteiger partial charge < -0.3 is 26.7 Å². The molecule has 29 heavy (non-hydrogen) atoms. The summed E-state index contributed by atoms with van der Waals surface area (Å²) in [5.74, 6) is -0.553. The standard InChI is InChI=1S/C20H23BrN4O4/c21-14-11-13(8-9-18(14)26)12-17(25-29)20(28)23-10-4-3-7-19(27)24-16-6-2-1-5-15(16)22/h1-2,5-6,8-9,11,26,29H,3-4,7,10,12,22H2,(H,23,28)(H,24,27)/b25-17+. The van der Waals surface area contributed by atoms with Crippen LogP contribution in [0.1, 0.15) is 24.8 Å². The van der Waals surface area contributed by atoms with Gasteiger partial charge in [0.1, 0.15) is 11.5 Å². The number of nitrogens with one attached hydrogen (secondary N) is 2. The van der Waals surface area contributed by atoms with Crippen molar-refractivity contribution in [1.82, 2.24) is 5.32 Å². The smallest absolute Gasteiger partial charge is 0.269 e. The molecule has 0 heterocycles. The van der Waals surface area contributed by atoms with E-state index in [2.05, 4.69) is 31.7 Å². The maximum atomic E-state index is 12.2. The van der Waals surface area contributed by atoms with Gasteiger partial charge in [-0.2, -0.15) is 0 Å². The van der Waals surface area contributed by atoms with Crippen molar-refractivity contribution in [3.8, 4) is 5.75 Å². The van der Waals surface area contributed by atoms with Gasteiger partial charge in [0.15, 0.2) is 0 Å². The van der Waals surface area contributed by atoms with E-state index in [4.69, 9.17) is 10.9 Å². The van der Waals surface area contributed by atoms with E-state index in [1.54, 1.807) is 36.4 Å². The van der Waals surface area contributed by atoms with Gasteiger partial charge in [-0.1, -0.05) is 23.4 Å². The van der Waals surface area contributed by atoms with E-state index in [1.807, 2.05) is 0 Å². The highest BCUT2D eigenvalue weighted by Crippen LogP contribution is 2.24. The van der Waals surface area contributed by atoms with Gasteiger partial charge in [0.05, 0.1) is 15.8 Å². The third kappa shape index (κ3) is 7.11. The van der Waals surface area contributed by atoms with Crippen LogP contribution in [0.2, 0.25) is 0 Å². The lowest BCUT2D eigenvalue weighted by Gasteiger charge is -2.09.